The lowest BCUT2D eigenvalue weighted by molar-refractivity contribution is -0.144. The second-order valence-electron chi connectivity index (χ2n) is 5.41. The predicted molar refractivity (Wildman–Crippen MR) is 97.6 cm³/mol. The molecule has 0 aromatic heterocycles. The quantitative estimate of drug-likeness (QED) is 0.281. The topological polar surface area (TPSA) is 82.1 Å². The van der Waals surface area contributed by atoms with Gasteiger partial charge in [0, 0.05) is 31.3 Å². The molecular formula is C17H31NO6S. The summed E-state index contributed by atoms with van der Waals surface area (Å²) in [6.45, 7) is 7.83. The van der Waals surface area contributed by atoms with Gasteiger partial charge in [-0.3, -0.25) is 14.4 Å². The molecule has 0 fully saturated rings. The van der Waals surface area contributed by atoms with Crippen LogP contribution >= 0.6 is 12.6 Å². The number of ether oxygens (including phenoxy) is 3. The third-order valence-corrected chi connectivity index (χ3v) is 3.75. The molecule has 0 heterocycles. The Bertz CT molecular complexity index is 383. The van der Waals surface area contributed by atoms with Crippen molar-refractivity contribution in [3.8, 4) is 0 Å². The Kier molecular flexibility index (Phi) is 14.2. The molecule has 7 nitrogen and oxygen atoms in total. The summed E-state index contributed by atoms with van der Waals surface area (Å²) in [5.41, 5.74) is 0. The molecule has 0 spiro atoms. The van der Waals surface area contributed by atoms with Gasteiger partial charge in [-0.2, -0.15) is 12.6 Å². The van der Waals surface area contributed by atoms with Crippen LogP contribution in [0.3, 0.4) is 0 Å². The number of carbonyl (C=O) groups excluding carboxylic acids is 3. The van der Waals surface area contributed by atoms with E-state index in [1.807, 2.05) is 4.90 Å². The van der Waals surface area contributed by atoms with E-state index in [4.69, 9.17) is 14.2 Å². The van der Waals surface area contributed by atoms with Gasteiger partial charge in [0.2, 0.25) is 0 Å². The third kappa shape index (κ3) is 13.7. The second kappa shape index (κ2) is 15.0. The lowest BCUT2D eigenvalue weighted by Gasteiger charge is -2.24. The summed E-state index contributed by atoms with van der Waals surface area (Å²) in [5.74, 6) is -0.789. The van der Waals surface area contributed by atoms with Crippen molar-refractivity contribution < 1.29 is 28.6 Å². The van der Waals surface area contributed by atoms with E-state index in [2.05, 4.69) is 12.6 Å². The van der Waals surface area contributed by atoms with E-state index in [-0.39, 0.29) is 36.0 Å². The smallest absolute Gasteiger partial charge is 0.307 e. The summed E-state index contributed by atoms with van der Waals surface area (Å²) in [6.07, 6.45) is 1.35. The zero-order chi connectivity index (χ0) is 19.1. The van der Waals surface area contributed by atoms with Gasteiger partial charge in [-0.05, 0) is 27.2 Å². The molecule has 0 saturated heterocycles. The fraction of sp³-hybridized carbons (Fsp3) is 0.824. The van der Waals surface area contributed by atoms with Crippen LogP contribution in [0.1, 0.15) is 46.5 Å². The average molecular weight is 378 g/mol. The summed E-state index contributed by atoms with van der Waals surface area (Å²) in [7, 11) is 0. The second-order valence-corrected chi connectivity index (χ2v) is 6.14. The van der Waals surface area contributed by atoms with Gasteiger partial charge < -0.3 is 19.1 Å². The van der Waals surface area contributed by atoms with Gasteiger partial charge in [-0.1, -0.05) is 0 Å². The molecule has 1 unspecified atom stereocenters. The van der Waals surface area contributed by atoms with Crippen LogP contribution < -0.4 is 0 Å². The van der Waals surface area contributed by atoms with Gasteiger partial charge in [0.1, 0.15) is 0 Å². The fourth-order valence-corrected chi connectivity index (χ4v) is 2.53. The zero-order valence-corrected chi connectivity index (χ0v) is 16.4. The molecular weight excluding hydrogens is 346 g/mol. The largest absolute Gasteiger partial charge is 0.466 e. The molecule has 0 amide bonds. The van der Waals surface area contributed by atoms with Crippen LogP contribution in [0.25, 0.3) is 0 Å². The number of nitrogens with zero attached hydrogens (tertiary/aromatic N) is 1. The predicted octanol–water partition coefficient (Wildman–Crippen LogP) is 1.84. The number of hydrogen-bond donors (Lipinski definition) is 1. The van der Waals surface area contributed by atoms with Crippen LogP contribution in [0.4, 0.5) is 0 Å². The van der Waals surface area contributed by atoms with Crippen molar-refractivity contribution in [2.45, 2.75) is 51.7 Å². The van der Waals surface area contributed by atoms with Crippen molar-refractivity contribution in [3.05, 3.63) is 0 Å². The number of thiol groups is 1. The van der Waals surface area contributed by atoms with Crippen LogP contribution in [0, 0.1) is 0 Å². The standard InChI is InChI=1S/C17H31NO6S/c1-4-22-15(19)8-7-14(25)13-18(11-9-16(20)23-5-2)12-10-17(21)24-6-3/h14,25H,4-13H2,1-3H3. The molecule has 0 N–H and O–H groups in total. The Hall–Kier alpha value is -1.28. The molecule has 25 heavy (non-hydrogen) atoms. The lowest BCUT2D eigenvalue weighted by Crippen LogP contribution is -2.34. The maximum Gasteiger partial charge on any atom is 0.307 e. The molecule has 1 atom stereocenters. The molecule has 0 aromatic carbocycles. The summed E-state index contributed by atoms with van der Waals surface area (Å²) in [4.78, 5) is 36.5. The van der Waals surface area contributed by atoms with Crippen molar-refractivity contribution in [2.24, 2.45) is 0 Å². The Balaban J connectivity index is 4.40. The first-order valence-corrected chi connectivity index (χ1v) is 9.31. The highest BCUT2D eigenvalue weighted by atomic mass is 32.1. The lowest BCUT2D eigenvalue weighted by atomic mass is 10.2. The molecule has 0 aliphatic heterocycles. The highest BCUT2D eigenvalue weighted by Gasteiger charge is 2.16. The van der Waals surface area contributed by atoms with Crippen LogP contribution in [-0.4, -0.2) is 67.5 Å². The van der Waals surface area contributed by atoms with Crippen LogP contribution in [0.2, 0.25) is 0 Å². The first-order valence-electron chi connectivity index (χ1n) is 8.80. The number of carbonyl (C=O) groups is 3. The first-order chi connectivity index (χ1) is 11.9. The van der Waals surface area contributed by atoms with Crippen molar-refractivity contribution in [2.75, 3.05) is 39.5 Å². The van der Waals surface area contributed by atoms with E-state index in [1.54, 1.807) is 20.8 Å². The Morgan fingerprint density at radius 3 is 1.60 bits per heavy atom. The highest BCUT2D eigenvalue weighted by Crippen LogP contribution is 2.10. The number of rotatable bonds is 14. The van der Waals surface area contributed by atoms with Gasteiger partial charge in [-0.25, -0.2) is 0 Å². The van der Waals surface area contributed by atoms with Crippen molar-refractivity contribution in [1.82, 2.24) is 4.90 Å². The normalized spacial score (nSPS) is 11.9. The van der Waals surface area contributed by atoms with Gasteiger partial charge in [0.05, 0.1) is 32.7 Å². The zero-order valence-electron chi connectivity index (χ0n) is 15.5. The van der Waals surface area contributed by atoms with E-state index < -0.39 is 0 Å². The summed E-state index contributed by atoms with van der Waals surface area (Å²) < 4.78 is 14.8. The number of hydrogen-bond acceptors (Lipinski definition) is 8. The molecule has 0 aliphatic rings. The summed E-state index contributed by atoms with van der Waals surface area (Å²) in [5, 5.41) is -0.0613. The minimum absolute atomic E-state index is 0.0613. The van der Waals surface area contributed by atoms with Crippen molar-refractivity contribution in [3.63, 3.8) is 0 Å². The van der Waals surface area contributed by atoms with E-state index >= 15 is 0 Å². The van der Waals surface area contributed by atoms with E-state index in [0.29, 0.717) is 52.3 Å². The van der Waals surface area contributed by atoms with Crippen LogP contribution in [-0.2, 0) is 28.6 Å². The minimum Gasteiger partial charge on any atom is -0.466 e. The summed E-state index contributed by atoms with van der Waals surface area (Å²) in [6, 6.07) is 0. The van der Waals surface area contributed by atoms with Crippen molar-refractivity contribution in [1.29, 1.82) is 0 Å². The SMILES string of the molecule is CCOC(=O)CCC(S)CN(CCC(=O)OCC)CCC(=O)OCC. The van der Waals surface area contributed by atoms with Gasteiger partial charge in [0.25, 0.3) is 0 Å². The monoisotopic (exact) mass is 377 g/mol. The van der Waals surface area contributed by atoms with Crippen LogP contribution in [0.15, 0.2) is 0 Å². The molecule has 0 aliphatic carbocycles. The third-order valence-electron chi connectivity index (χ3n) is 3.33. The molecule has 0 aromatic rings. The Morgan fingerprint density at radius 2 is 1.20 bits per heavy atom. The fourth-order valence-electron chi connectivity index (χ4n) is 2.17. The molecule has 8 heteroatoms. The molecule has 0 bridgehead atoms. The van der Waals surface area contributed by atoms with Gasteiger partial charge >= 0.3 is 17.9 Å². The highest BCUT2D eigenvalue weighted by molar-refractivity contribution is 7.81. The molecule has 0 rings (SSSR count). The van der Waals surface area contributed by atoms with E-state index in [1.165, 1.54) is 0 Å². The van der Waals surface area contributed by atoms with Gasteiger partial charge in [-0.15, -0.1) is 0 Å². The Morgan fingerprint density at radius 1 is 0.800 bits per heavy atom. The molecule has 146 valence electrons. The van der Waals surface area contributed by atoms with E-state index in [0.717, 1.165) is 0 Å². The maximum absolute atomic E-state index is 11.5. The van der Waals surface area contributed by atoms with Crippen LogP contribution in [0.5, 0.6) is 0 Å². The van der Waals surface area contributed by atoms with Gasteiger partial charge in [0.15, 0.2) is 0 Å². The Labute approximate surface area is 155 Å². The number of esters is 3. The average Bonchev–Trinajstić information content (AvgIpc) is 2.56. The summed E-state index contributed by atoms with van der Waals surface area (Å²) >= 11 is 4.50. The molecule has 0 saturated carbocycles. The maximum atomic E-state index is 11.5. The first kappa shape index (κ1) is 23.7. The van der Waals surface area contributed by atoms with E-state index in [9.17, 15) is 14.4 Å². The minimum atomic E-state index is -0.272. The van der Waals surface area contributed by atoms with Crippen molar-refractivity contribution >= 4 is 30.5 Å². The molecule has 0 radical (unpaired) electrons.